The number of rotatable bonds is 4. The van der Waals surface area contributed by atoms with Gasteiger partial charge >= 0.3 is 0 Å². The van der Waals surface area contributed by atoms with Crippen molar-refractivity contribution in [3.63, 3.8) is 0 Å². The lowest BCUT2D eigenvalue weighted by Crippen LogP contribution is -2.00. The lowest BCUT2D eigenvalue weighted by molar-refractivity contribution is 0.354. The smallest absolute Gasteiger partial charge is 0.161 e. The van der Waals surface area contributed by atoms with Crippen LogP contribution in [0.15, 0.2) is 30.3 Å². The molecule has 0 N–H and O–H groups in total. The first-order valence-corrected chi connectivity index (χ1v) is 7.48. The van der Waals surface area contributed by atoms with Crippen LogP contribution in [-0.4, -0.2) is 14.2 Å². The molecule has 0 aromatic heterocycles. The average Bonchev–Trinajstić information content (AvgIpc) is 2.46. The molecular formula is C16H15Cl3O2. The fraction of sp³-hybridized carbons (Fsp3) is 0.250. The summed E-state index contributed by atoms with van der Waals surface area (Å²) in [6.45, 7) is 1.97. The normalized spacial score (nSPS) is 12.1. The highest BCUT2D eigenvalue weighted by atomic mass is 35.5. The van der Waals surface area contributed by atoms with Crippen LogP contribution in [0.5, 0.6) is 11.5 Å². The van der Waals surface area contributed by atoms with Gasteiger partial charge in [-0.3, -0.25) is 0 Å². The Balaban J connectivity index is 2.50. The highest BCUT2D eigenvalue weighted by Crippen LogP contribution is 2.40. The zero-order chi connectivity index (χ0) is 15.6. The molecule has 21 heavy (non-hydrogen) atoms. The van der Waals surface area contributed by atoms with Gasteiger partial charge in [0.25, 0.3) is 0 Å². The molecule has 0 aliphatic carbocycles. The van der Waals surface area contributed by atoms with Crippen molar-refractivity contribution in [1.82, 2.24) is 0 Å². The van der Waals surface area contributed by atoms with Crippen LogP contribution in [0.2, 0.25) is 10.0 Å². The Morgan fingerprint density at radius 3 is 2.10 bits per heavy atom. The van der Waals surface area contributed by atoms with Crippen LogP contribution in [0.4, 0.5) is 0 Å². The van der Waals surface area contributed by atoms with E-state index in [9.17, 15) is 0 Å². The van der Waals surface area contributed by atoms with Crippen LogP contribution in [0, 0.1) is 6.92 Å². The van der Waals surface area contributed by atoms with Crippen molar-refractivity contribution < 1.29 is 9.47 Å². The molecule has 112 valence electrons. The summed E-state index contributed by atoms with van der Waals surface area (Å²) in [6, 6.07) is 9.06. The Morgan fingerprint density at radius 2 is 1.52 bits per heavy atom. The lowest BCUT2D eigenvalue weighted by Gasteiger charge is -2.18. The standard InChI is InChI=1S/C16H15Cl3O2/c1-9-6-14(20-2)15(21-3)8-12(9)16(19)11-5-4-10(17)7-13(11)18/h4-8,16H,1-3H3. The number of methoxy groups -OCH3 is 2. The van der Waals surface area contributed by atoms with Crippen molar-refractivity contribution in [3.8, 4) is 11.5 Å². The van der Waals surface area contributed by atoms with Gasteiger partial charge in [-0.1, -0.05) is 29.3 Å². The van der Waals surface area contributed by atoms with Crippen molar-refractivity contribution in [1.29, 1.82) is 0 Å². The number of benzene rings is 2. The van der Waals surface area contributed by atoms with E-state index in [1.54, 1.807) is 26.4 Å². The van der Waals surface area contributed by atoms with Gasteiger partial charge in [0.05, 0.1) is 19.6 Å². The van der Waals surface area contributed by atoms with E-state index in [1.807, 2.05) is 25.1 Å². The van der Waals surface area contributed by atoms with Crippen molar-refractivity contribution in [2.75, 3.05) is 14.2 Å². The van der Waals surface area contributed by atoms with Gasteiger partial charge in [-0.05, 0) is 47.9 Å². The molecule has 0 fully saturated rings. The van der Waals surface area contributed by atoms with Gasteiger partial charge < -0.3 is 9.47 Å². The summed E-state index contributed by atoms with van der Waals surface area (Å²) in [4.78, 5) is 0. The number of hydrogen-bond donors (Lipinski definition) is 0. The molecule has 0 radical (unpaired) electrons. The van der Waals surface area contributed by atoms with Crippen LogP contribution in [0.3, 0.4) is 0 Å². The van der Waals surface area contributed by atoms with E-state index in [0.29, 0.717) is 21.5 Å². The maximum atomic E-state index is 6.60. The summed E-state index contributed by atoms with van der Waals surface area (Å²) in [7, 11) is 3.20. The average molecular weight is 346 g/mol. The minimum Gasteiger partial charge on any atom is -0.493 e. The molecule has 0 bridgehead atoms. The molecule has 2 aromatic rings. The van der Waals surface area contributed by atoms with E-state index in [0.717, 1.165) is 16.7 Å². The molecule has 0 saturated carbocycles. The van der Waals surface area contributed by atoms with E-state index >= 15 is 0 Å². The van der Waals surface area contributed by atoms with Crippen LogP contribution < -0.4 is 9.47 Å². The first-order chi connectivity index (χ1) is 9.97. The number of ether oxygens (including phenoxy) is 2. The van der Waals surface area contributed by atoms with E-state index in [4.69, 9.17) is 44.3 Å². The molecule has 5 heteroatoms. The van der Waals surface area contributed by atoms with Gasteiger partial charge in [0.1, 0.15) is 0 Å². The maximum Gasteiger partial charge on any atom is 0.161 e. The van der Waals surface area contributed by atoms with Crippen LogP contribution >= 0.6 is 34.8 Å². The topological polar surface area (TPSA) is 18.5 Å². The Kier molecular flexibility index (Phi) is 5.26. The molecule has 0 spiro atoms. The summed E-state index contributed by atoms with van der Waals surface area (Å²) in [5, 5.41) is 0.725. The summed E-state index contributed by atoms with van der Waals surface area (Å²) in [5.41, 5.74) is 2.72. The SMILES string of the molecule is COc1cc(C)c(C(Cl)c2ccc(Cl)cc2Cl)cc1OC. The Bertz CT molecular complexity index is 656. The predicted molar refractivity (Wildman–Crippen MR) is 88.4 cm³/mol. The van der Waals surface area contributed by atoms with Gasteiger partial charge in [-0.15, -0.1) is 11.6 Å². The largest absolute Gasteiger partial charge is 0.493 e. The second-order valence-electron chi connectivity index (χ2n) is 4.59. The van der Waals surface area contributed by atoms with Crippen molar-refractivity contribution in [3.05, 3.63) is 57.1 Å². The second kappa shape index (κ2) is 6.78. The van der Waals surface area contributed by atoms with Gasteiger partial charge in [0, 0.05) is 10.0 Å². The van der Waals surface area contributed by atoms with Crippen LogP contribution in [0.25, 0.3) is 0 Å². The van der Waals surface area contributed by atoms with E-state index in [-0.39, 0.29) is 0 Å². The molecule has 0 amide bonds. The lowest BCUT2D eigenvalue weighted by atomic mass is 9.99. The zero-order valence-electron chi connectivity index (χ0n) is 11.9. The van der Waals surface area contributed by atoms with E-state index in [2.05, 4.69) is 0 Å². The molecule has 2 aromatic carbocycles. The Labute approximate surface area is 139 Å². The minimum atomic E-state index is -0.394. The predicted octanol–water partition coefficient (Wildman–Crippen LogP) is 5.65. The highest BCUT2D eigenvalue weighted by molar-refractivity contribution is 6.36. The van der Waals surface area contributed by atoms with Gasteiger partial charge in [0.15, 0.2) is 11.5 Å². The fourth-order valence-corrected chi connectivity index (χ4v) is 3.14. The molecule has 2 rings (SSSR count). The third kappa shape index (κ3) is 3.39. The quantitative estimate of drug-likeness (QED) is 0.667. The monoisotopic (exact) mass is 344 g/mol. The van der Waals surface area contributed by atoms with Gasteiger partial charge in [-0.25, -0.2) is 0 Å². The fourth-order valence-electron chi connectivity index (χ4n) is 2.14. The van der Waals surface area contributed by atoms with Gasteiger partial charge in [-0.2, -0.15) is 0 Å². The summed E-state index contributed by atoms with van der Waals surface area (Å²) >= 11 is 18.8. The first kappa shape index (κ1) is 16.3. The molecule has 2 nitrogen and oxygen atoms in total. The first-order valence-electron chi connectivity index (χ1n) is 6.29. The van der Waals surface area contributed by atoms with Gasteiger partial charge in [0.2, 0.25) is 0 Å². The third-order valence-corrected chi connectivity index (χ3v) is 4.31. The molecule has 0 saturated heterocycles. The summed E-state index contributed by atoms with van der Waals surface area (Å²) in [5.74, 6) is 1.30. The van der Waals surface area contributed by atoms with E-state index in [1.165, 1.54) is 0 Å². The molecule has 0 aliphatic rings. The minimum absolute atomic E-state index is 0.394. The number of halogens is 3. The Hall–Kier alpha value is -1.09. The molecule has 0 heterocycles. The number of aryl methyl sites for hydroxylation is 1. The molecular weight excluding hydrogens is 331 g/mol. The van der Waals surface area contributed by atoms with E-state index < -0.39 is 5.38 Å². The number of hydrogen-bond acceptors (Lipinski definition) is 2. The molecule has 0 aliphatic heterocycles. The summed E-state index contributed by atoms with van der Waals surface area (Å²) < 4.78 is 10.6. The van der Waals surface area contributed by atoms with Crippen molar-refractivity contribution in [2.45, 2.75) is 12.3 Å². The molecule has 1 atom stereocenters. The zero-order valence-corrected chi connectivity index (χ0v) is 14.2. The number of alkyl halides is 1. The molecule has 1 unspecified atom stereocenters. The van der Waals surface area contributed by atoms with Crippen LogP contribution in [-0.2, 0) is 0 Å². The van der Waals surface area contributed by atoms with Crippen LogP contribution in [0.1, 0.15) is 22.1 Å². The highest BCUT2D eigenvalue weighted by Gasteiger charge is 2.19. The second-order valence-corrected chi connectivity index (χ2v) is 5.87. The Morgan fingerprint density at radius 1 is 0.905 bits per heavy atom. The maximum absolute atomic E-state index is 6.60. The summed E-state index contributed by atoms with van der Waals surface area (Å²) in [6.07, 6.45) is 0. The van der Waals surface area contributed by atoms with Crippen molar-refractivity contribution in [2.24, 2.45) is 0 Å². The third-order valence-electron chi connectivity index (χ3n) is 3.28. The van der Waals surface area contributed by atoms with Crippen molar-refractivity contribution >= 4 is 34.8 Å².